The van der Waals surface area contributed by atoms with Crippen molar-refractivity contribution in [1.82, 2.24) is 5.32 Å². The molecule has 4 heteroatoms. The normalized spacial score (nSPS) is 22.7. The SMILES string of the molecule is COC(=O)C1(NCc2cccs2)CC(C)(C)CC(C)(C)C1. The van der Waals surface area contributed by atoms with Crippen molar-refractivity contribution in [2.75, 3.05) is 7.11 Å². The van der Waals surface area contributed by atoms with Crippen LogP contribution in [0.5, 0.6) is 0 Å². The molecular formula is C17H27NO2S. The van der Waals surface area contributed by atoms with E-state index in [1.54, 1.807) is 11.3 Å². The summed E-state index contributed by atoms with van der Waals surface area (Å²) in [6.07, 6.45) is 2.77. The summed E-state index contributed by atoms with van der Waals surface area (Å²) in [6, 6.07) is 4.14. The third-order valence-electron chi connectivity index (χ3n) is 4.28. The Morgan fingerprint density at radius 1 is 1.24 bits per heavy atom. The Labute approximate surface area is 132 Å². The summed E-state index contributed by atoms with van der Waals surface area (Å²) >= 11 is 1.71. The summed E-state index contributed by atoms with van der Waals surface area (Å²) in [7, 11) is 1.49. The molecule has 0 saturated heterocycles. The molecule has 0 amide bonds. The second-order valence-electron chi connectivity index (χ2n) is 7.87. The third-order valence-corrected chi connectivity index (χ3v) is 5.15. The highest BCUT2D eigenvalue weighted by molar-refractivity contribution is 7.09. The summed E-state index contributed by atoms with van der Waals surface area (Å²) in [4.78, 5) is 13.8. The van der Waals surface area contributed by atoms with Crippen molar-refractivity contribution in [3.63, 3.8) is 0 Å². The molecule has 1 aliphatic carbocycles. The largest absolute Gasteiger partial charge is 0.468 e. The van der Waals surface area contributed by atoms with Crippen molar-refractivity contribution in [3.05, 3.63) is 22.4 Å². The van der Waals surface area contributed by atoms with Crippen LogP contribution in [0.2, 0.25) is 0 Å². The highest BCUT2D eigenvalue weighted by atomic mass is 32.1. The van der Waals surface area contributed by atoms with Crippen molar-refractivity contribution < 1.29 is 9.53 Å². The predicted octanol–water partition coefficient (Wildman–Crippen LogP) is 3.99. The molecule has 1 N–H and O–H groups in total. The molecule has 1 aliphatic rings. The number of esters is 1. The predicted molar refractivity (Wildman–Crippen MR) is 87.3 cm³/mol. The van der Waals surface area contributed by atoms with Crippen LogP contribution in [-0.2, 0) is 16.1 Å². The topological polar surface area (TPSA) is 38.3 Å². The van der Waals surface area contributed by atoms with Crippen LogP contribution < -0.4 is 5.32 Å². The molecule has 0 bridgehead atoms. The molecule has 0 aliphatic heterocycles. The van der Waals surface area contributed by atoms with Gasteiger partial charge in [-0.2, -0.15) is 0 Å². The maximum atomic E-state index is 12.5. The average molecular weight is 309 g/mol. The minimum Gasteiger partial charge on any atom is -0.468 e. The minimum atomic E-state index is -0.579. The van der Waals surface area contributed by atoms with Crippen LogP contribution in [-0.4, -0.2) is 18.6 Å². The number of hydrogen-bond donors (Lipinski definition) is 1. The minimum absolute atomic E-state index is 0.123. The van der Waals surface area contributed by atoms with Gasteiger partial charge in [-0.05, 0) is 41.5 Å². The Morgan fingerprint density at radius 3 is 2.33 bits per heavy atom. The first-order valence-electron chi connectivity index (χ1n) is 7.54. The highest BCUT2D eigenvalue weighted by Gasteiger charge is 2.52. The fraction of sp³-hybridized carbons (Fsp3) is 0.706. The number of hydrogen-bond acceptors (Lipinski definition) is 4. The molecule has 1 saturated carbocycles. The van der Waals surface area contributed by atoms with Crippen LogP contribution in [0.3, 0.4) is 0 Å². The van der Waals surface area contributed by atoms with Crippen LogP contribution >= 0.6 is 11.3 Å². The van der Waals surface area contributed by atoms with Crippen LogP contribution in [0.15, 0.2) is 17.5 Å². The Balaban J connectivity index is 2.25. The van der Waals surface area contributed by atoms with Gasteiger partial charge in [-0.1, -0.05) is 33.8 Å². The van der Waals surface area contributed by atoms with Crippen LogP contribution in [0.1, 0.15) is 51.8 Å². The van der Waals surface area contributed by atoms with Gasteiger partial charge in [-0.25, -0.2) is 0 Å². The van der Waals surface area contributed by atoms with E-state index in [1.807, 2.05) is 6.07 Å². The average Bonchev–Trinajstić information content (AvgIpc) is 2.84. The molecule has 2 rings (SSSR count). The van der Waals surface area contributed by atoms with E-state index in [0.717, 1.165) is 25.8 Å². The number of carbonyl (C=O) groups excluding carboxylic acids is 1. The zero-order valence-electron chi connectivity index (χ0n) is 13.8. The van der Waals surface area contributed by atoms with E-state index < -0.39 is 5.54 Å². The summed E-state index contributed by atoms with van der Waals surface area (Å²) < 4.78 is 5.15. The van der Waals surface area contributed by atoms with Gasteiger partial charge >= 0.3 is 5.97 Å². The van der Waals surface area contributed by atoms with Crippen molar-refractivity contribution in [1.29, 1.82) is 0 Å². The number of carbonyl (C=O) groups is 1. The second kappa shape index (κ2) is 5.73. The lowest BCUT2D eigenvalue weighted by molar-refractivity contribution is -0.155. The maximum Gasteiger partial charge on any atom is 0.326 e. The molecule has 3 nitrogen and oxygen atoms in total. The van der Waals surface area contributed by atoms with Crippen molar-refractivity contribution >= 4 is 17.3 Å². The smallest absolute Gasteiger partial charge is 0.326 e. The Bertz CT molecular complexity index is 475. The van der Waals surface area contributed by atoms with Gasteiger partial charge in [0.15, 0.2) is 0 Å². The number of methoxy groups -OCH3 is 1. The van der Waals surface area contributed by atoms with Gasteiger partial charge in [-0.3, -0.25) is 10.1 Å². The van der Waals surface area contributed by atoms with Gasteiger partial charge < -0.3 is 4.74 Å². The molecular weight excluding hydrogens is 282 g/mol. The van der Waals surface area contributed by atoms with E-state index in [1.165, 1.54) is 12.0 Å². The zero-order chi connectivity index (χ0) is 15.7. The maximum absolute atomic E-state index is 12.5. The molecule has 21 heavy (non-hydrogen) atoms. The van der Waals surface area contributed by atoms with Crippen LogP contribution in [0.25, 0.3) is 0 Å². The lowest BCUT2D eigenvalue weighted by Gasteiger charge is -2.50. The number of thiophene rings is 1. The van der Waals surface area contributed by atoms with Crippen molar-refractivity contribution in [2.45, 2.75) is 59.0 Å². The van der Waals surface area contributed by atoms with Gasteiger partial charge in [0.25, 0.3) is 0 Å². The van der Waals surface area contributed by atoms with Gasteiger partial charge in [0.2, 0.25) is 0 Å². The molecule has 0 aromatic carbocycles. The lowest BCUT2D eigenvalue weighted by atomic mass is 9.58. The summed E-state index contributed by atoms with van der Waals surface area (Å²) in [5, 5.41) is 5.60. The van der Waals surface area contributed by atoms with E-state index in [0.29, 0.717) is 0 Å². The van der Waals surface area contributed by atoms with Gasteiger partial charge in [0, 0.05) is 11.4 Å². The summed E-state index contributed by atoms with van der Waals surface area (Å²) in [5.74, 6) is -0.125. The van der Waals surface area contributed by atoms with Crippen molar-refractivity contribution in [2.24, 2.45) is 10.8 Å². The van der Waals surface area contributed by atoms with Gasteiger partial charge in [0.05, 0.1) is 7.11 Å². The van der Waals surface area contributed by atoms with Crippen LogP contribution in [0.4, 0.5) is 0 Å². The molecule has 1 aromatic rings. The van der Waals surface area contributed by atoms with E-state index in [9.17, 15) is 4.79 Å². The first-order chi connectivity index (χ1) is 9.68. The van der Waals surface area contributed by atoms with E-state index in [2.05, 4.69) is 44.5 Å². The molecule has 1 aromatic heterocycles. The number of ether oxygens (including phenoxy) is 1. The molecule has 0 radical (unpaired) electrons. The summed E-state index contributed by atoms with van der Waals surface area (Å²) in [5.41, 5.74) is -0.333. The van der Waals surface area contributed by atoms with E-state index in [-0.39, 0.29) is 16.8 Å². The zero-order valence-corrected chi connectivity index (χ0v) is 14.6. The first-order valence-corrected chi connectivity index (χ1v) is 8.42. The fourth-order valence-electron chi connectivity index (χ4n) is 4.32. The summed E-state index contributed by atoms with van der Waals surface area (Å²) in [6.45, 7) is 9.71. The molecule has 0 spiro atoms. The van der Waals surface area contributed by atoms with Crippen molar-refractivity contribution in [3.8, 4) is 0 Å². The highest BCUT2D eigenvalue weighted by Crippen LogP contribution is 2.50. The van der Waals surface area contributed by atoms with E-state index in [4.69, 9.17) is 4.74 Å². The fourth-order valence-corrected chi connectivity index (χ4v) is 4.97. The van der Waals surface area contributed by atoms with Crippen LogP contribution in [0, 0.1) is 10.8 Å². The van der Waals surface area contributed by atoms with Gasteiger partial charge in [0.1, 0.15) is 5.54 Å². The quantitative estimate of drug-likeness (QED) is 0.855. The van der Waals surface area contributed by atoms with E-state index >= 15 is 0 Å². The third kappa shape index (κ3) is 3.86. The molecule has 118 valence electrons. The molecule has 0 atom stereocenters. The monoisotopic (exact) mass is 309 g/mol. The molecule has 0 unspecified atom stereocenters. The second-order valence-corrected chi connectivity index (χ2v) is 8.90. The Kier molecular flexibility index (Phi) is 4.50. The molecule has 1 heterocycles. The lowest BCUT2D eigenvalue weighted by Crippen LogP contribution is -2.60. The standard InChI is InChI=1S/C17H27NO2S/c1-15(2)10-16(3,4)12-17(11-15,14(19)20-5)18-9-13-7-6-8-21-13/h6-8,18H,9-12H2,1-5H3. The number of rotatable bonds is 4. The Hall–Kier alpha value is -0.870. The molecule has 1 fully saturated rings. The Morgan fingerprint density at radius 2 is 1.86 bits per heavy atom. The van der Waals surface area contributed by atoms with Gasteiger partial charge in [-0.15, -0.1) is 11.3 Å². The number of nitrogens with one attached hydrogen (secondary N) is 1. The first kappa shape index (κ1) is 16.5.